The van der Waals surface area contributed by atoms with Crippen molar-refractivity contribution in [3.63, 3.8) is 0 Å². The molecule has 0 aliphatic rings. The second-order valence-electron chi connectivity index (χ2n) is 7.14. The molecule has 4 rings (SSSR count). The summed E-state index contributed by atoms with van der Waals surface area (Å²) in [6, 6.07) is 9.47. The Bertz CT molecular complexity index is 1180. The lowest BCUT2D eigenvalue weighted by Gasteiger charge is -2.07. The minimum Gasteiger partial charge on any atom is -0.324 e. The summed E-state index contributed by atoms with van der Waals surface area (Å²) >= 11 is 0. The van der Waals surface area contributed by atoms with Crippen LogP contribution in [0.1, 0.15) is 30.8 Å². The second kappa shape index (κ2) is 7.67. The lowest BCUT2D eigenvalue weighted by Crippen LogP contribution is -2.03. The Kier molecular flexibility index (Phi) is 4.90. The van der Waals surface area contributed by atoms with Crippen molar-refractivity contribution in [3.8, 4) is 16.9 Å². The minimum atomic E-state index is 0.0174. The molecule has 0 saturated heterocycles. The fraction of sp³-hybridized carbons (Fsp3) is 0.190. The zero-order valence-electron chi connectivity index (χ0n) is 16.1. The van der Waals surface area contributed by atoms with Crippen molar-refractivity contribution in [2.75, 3.05) is 5.32 Å². The fourth-order valence-electron chi connectivity index (χ4n) is 3.18. The second-order valence-corrected chi connectivity index (χ2v) is 7.14. The van der Waals surface area contributed by atoms with Crippen molar-refractivity contribution < 1.29 is 9.59 Å². The first-order chi connectivity index (χ1) is 14.0. The van der Waals surface area contributed by atoms with Crippen molar-refractivity contribution in [3.05, 3.63) is 54.7 Å². The van der Waals surface area contributed by atoms with E-state index in [9.17, 15) is 9.59 Å². The molecule has 2 N–H and O–H groups in total. The Balaban J connectivity index is 1.82. The number of carbonyl (C=O) groups excluding carboxylic acids is 2. The Hall–Kier alpha value is -3.81. The van der Waals surface area contributed by atoms with E-state index >= 15 is 0 Å². The van der Waals surface area contributed by atoms with E-state index < -0.39 is 0 Å². The van der Waals surface area contributed by atoms with Gasteiger partial charge in [-0.2, -0.15) is 0 Å². The summed E-state index contributed by atoms with van der Waals surface area (Å²) in [7, 11) is 0. The lowest BCUT2D eigenvalue weighted by molar-refractivity contribution is -0.105. The van der Waals surface area contributed by atoms with E-state index in [1.54, 1.807) is 23.3 Å². The molecule has 0 aliphatic heterocycles. The van der Waals surface area contributed by atoms with Gasteiger partial charge in [-0.15, -0.1) is 0 Å². The van der Waals surface area contributed by atoms with Crippen LogP contribution >= 0.6 is 0 Å². The van der Waals surface area contributed by atoms with Crippen molar-refractivity contribution in [2.24, 2.45) is 5.92 Å². The zero-order chi connectivity index (χ0) is 20.4. The summed E-state index contributed by atoms with van der Waals surface area (Å²) in [6.07, 6.45) is 6.09. The number of H-pyrrole nitrogens is 1. The topological polar surface area (TPSA) is 106 Å². The summed E-state index contributed by atoms with van der Waals surface area (Å²) < 4.78 is 1.80. The van der Waals surface area contributed by atoms with E-state index in [1.807, 2.05) is 44.2 Å². The number of carbonyl (C=O) groups is 2. The number of Topliss-reactive ketones (excluding diaryl/α,β-unsaturated/α-hetero) is 1. The molecule has 1 amide bonds. The molecule has 1 aromatic carbocycles. The smallest absolute Gasteiger partial charge is 0.213 e. The molecule has 0 aliphatic carbocycles. The van der Waals surface area contributed by atoms with Crippen LogP contribution < -0.4 is 5.32 Å². The number of benzene rings is 1. The molecule has 0 fully saturated rings. The van der Waals surface area contributed by atoms with E-state index in [2.05, 4.69) is 25.3 Å². The monoisotopic (exact) mass is 388 g/mol. The summed E-state index contributed by atoms with van der Waals surface area (Å²) in [5, 5.41) is 2.54. The van der Waals surface area contributed by atoms with Gasteiger partial charge in [0.05, 0.1) is 11.2 Å². The first kappa shape index (κ1) is 18.5. The van der Waals surface area contributed by atoms with E-state index in [1.165, 1.54) is 0 Å². The van der Waals surface area contributed by atoms with Crippen molar-refractivity contribution in [2.45, 2.75) is 20.3 Å². The van der Waals surface area contributed by atoms with Gasteiger partial charge in [0.25, 0.3) is 0 Å². The van der Waals surface area contributed by atoms with E-state index in [-0.39, 0.29) is 11.7 Å². The zero-order valence-corrected chi connectivity index (χ0v) is 16.1. The van der Waals surface area contributed by atoms with Gasteiger partial charge in [-0.25, -0.2) is 9.97 Å². The number of aromatic nitrogens is 5. The normalized spacial score (nSPS) is 11.1. The highest BCUT2D eigenvalue weighted by Gasteiger charge is 2.15. The van der Waals surface area contributed by atoms with Crippen molar-refractivity contribution in [1.29, 1.82) is 0 Å². The number of pyridine rings is 1. The molecule has 0 bridgehead atoms. The molecule has 0 atom stereocenters. The van der Waals surface area contributed by atoms with Gasteiger partial charge in [-0.3, -0.25) is 19.9 Å². The number of amides is 1. The molecule has 146 valence electrons. The maximum Gasteiger partial charge on any atom is 0.213 e. The maximum absolute atomic E-state index is 12.3. The molecule has 0 unspecified atom stereocenters. The first-order valence-corrected chi connectivity index (χ1v) is 9.28. The quantitative estimate of drug-likeness (QED) is 0.372. The molecule has 0 spiro atoms. The summed E-state index contributed by atoms with van der Waals surface area (Å²) in [5.74, 6) is 0.639. The molecule has 0 saturated carbocycles. The van der Waals surface area contributed by atoms with Gasteiger partial charge in [0, 0.05) is 30.1 Å². The number of hydrogen-bond donors (Lipinski definition) is 2. The van der Waals surface area contributed by atoms with E-state index in [0.29, 0.717) is 30.0 Å². The van der Waals surface area contributed by atoms with Gasteiger partial charge in [-0.05, 0) is 30.2 Å². The highest BCUT2D eigenvalue weighted by atomic mass is 16.1. The van der Waals surface area contributed by atoms with Crippen LogP contribution in [0, 0.1) is 5.92 Å². The molecular weight excluding hydrogens is 368 g/mol. The van der Waals surface area contributed by atoms with Crippen molar-refractivity contribution in [1.82, 2.24) is 24.5 Å². The number of nitrogens with one attached hydrogen (secondary N) is 2. The van der Waals surface area contributed by atoms with E-state index in [4.69, 9.17) is 0 Å². The van der Waals surface area contributed by atoms with Crippen LogP contribution in [-0.2, 0) is 4.79 Å². The number of hydrogen-bond acceptors (Lipinski definition) is 5. The van der Waals surface area contributed by atoms with Gasteiger partial charge in [-0.1, -0.05) is 19.9 Å². The van der Waals surface area contributed by atoms with Crippen LogP contribution in [-0.4, -0.2) is 36.7 Å². The number of fused-ring (bicyclic) bond motifs is 1. The third-order valence-corrected chi connectivity index (χ3v) is 4.47. The van der Waals surface area contributed by atoms with Crippen LogP contribution in [0.2, 0.25) is 0 Å². The molecule has 0 radical (unpaired) electrons. The first-order valence-electron chi connectivity index (χ1n) is 9.28. The van der Waals surface area contributed by atoms with E-state index in [0.717, 1.165) is 22.5 Å². The van der Waals surface area contributed by atoms with Gasteiger partial charge < -0.3 is 9.55 Å². The average Bonchev–Trinajstić information content (AvgIpc) is 3.34. The predicted molar refractivity (Wildman–Crippen MR) is 110 cm³/mol. The highest BCUT2D eigenvalue weighted by Crippen LogP contribution is 2.30. The molecule has 4 aromatic rings. The van der Waals surface area contributed by atoms with Crippen LogP contribution in [0.4, 0.5) is 5.95 Å². The minimum absolute atomic E-state index is 0.0174. The van der Waals surface area contributed by atoms with Gasteiger partial charge in [0.2, 0.25) is 12.4 Å². The third kappa shape index (κ3) is 3.77. The molecule has 3 heterocycles. The number of rotatable bonds is 7. The predicted octanol–water partition coefficient (Wildman–Crippen LogP) is 3.61. The Morgan fingerprint density at radius 2 is 2.14 bits per heavy atom. The van der Waals surface area contributed by atoms with Gasteiger partial charge >= 0.3 is 0 Å². The third-order valence-electron chi connectivity index (χ3n) is 4.47. The molecule has 8 heteroatoms. The molecule has 3 aromatic heterocycles. The number of imidazole rings is 2. The molecular formula is C21H20N6O2. The van der Waals surface area contributed by atoms with Crippen LogP contribution in [0.3, 0.4) is 0 Å². The van der Waals surface area contributed by atoms with Crippen LogP contribution in [0.25, 0.3) is 28.0 Å². The molecule has 29 heavy (non-hydrogen) atoms. The number of anilines is 1. The number of aromatic amines is 1. The average molecular weight is 388 g/mol. The van der Waals surface area contributed by atoms with Gasteiger partial charge in [0.1, 0.15) is 17.5 Å². The summed E-state index contributed by atoms with van der Waals surface area (Å²) in [5.41, 5.74) is 4.21. The van der Waals surface area contributed by atoms with Crippen molar-refractivity contribution >= 4 is 29.2 Å². The Morgan fingerprint density at radius 1 is 1.28 bits per heavy atom. The molecule has 8 nitrogen and oxygen atoms in total. The lowest BCUT2D eigenvalue weighted by atomic mass is 10.1. The fourth-order valence-corrected chi connectivity index (χ4v) is 3.18. The standard InChI is InChI=1S/C21H20N6O2/c1-13(2)7-19(29)18-10-27(11-23-18)14-8-15(16-5-3-4-6-22-16)20-17(9-14)25-21(26-20)24-12-28/h3-6,8-13H,7H2,1-2H3,(H2,24,25,26,28). The van der Waals surface area contributed by atoms with Gasteiger partial charge in [0.15, 0.2) is 5.78 Å². The number of ketones is 1. The summed E-state index contributed by atoms with van der Waals surface area (Å²) in [4.78, 5) is 39.4. The summed E-state index contributed by atoms with van der Waals surface area (Å²) in [6.45, 7) is 4.01. The van der Waals surface area contributed by atoms with Crippen LogP contribution in [0.15, 0.2) is 49.1 Å². The Morgan fingerprint density at radius 3 is 2.86 bits per heavy atom. The highest BCUT2D eigenvalue weighted by molar-refractivity contribution is 5.96. The SMILES string of the molecule is CC(C)CC(=O)c1cn(-c2cc(-c3ccccn3)c3nc(NC=O)[nH]c3c2)cn1. The Labute approximate surface area is 167 Å². The number of nitrogens with zero attached hydrogens (tertiary/aromatic N) is 4. The largest absolute Gasteiger partial charge is 0.324 e. The maximum atomic E-state index is 12.3. The van der Waals surface area contributed by atoms with Crippen LogP contribution in [0.5, 0.6) is 0 Å².